The van der Waals surface area contributed by atoms with Crippen LogP contribution in [0.15, 0.2) is 0 Å². The SMILES string of the molecule is COCC1CCCN(C(=O)N[C@@H](C(=O)O)C(C)(C)C)C1. The summed E-state index contributed by atoms with van der Waals surface area (Å²) in [5.41, 5.74) is -0.525. The molecule has 6 heteroatoms. The van der Waals surface area contributed by atoms with E-state index in [4.69, 9.17) is 4.74 Å². The van der Waals surface area contributed by atoms with Crippen molar-refractivity contribution in [2.75, 3.05) is 26.8 Å². The minimum absolute atomic E-state index is 0.298. The molecular weight excluding hydrogens is 260 g/mol. The smallest absolute Gasteiger partial charge is 0.326 e. The summed E-state index contributed by atoms with van der Waals surface area (Å²) in [4.78, 5) is 25.2. The number of hydrogen-bond donors (Lipinski definition) is 2. The molecule has 1 saturated heterocycles. The monoisotopic (exact) mass is 286 g/mol. The van der Waals surface area contributed by atoms with Crippen molar-refractivity contribution in [1.82, 2.24) is 10.2 Å². The van der Waals surface area contributed by atoms with E-state index in [1.165, 1.54) is 0 Å². The number of aliphatic carboxylic acids is 1. The van der Waals surface area contributed by atoms with Gasteiger partial charge in [-0.05, 0) is 18.3 Å². The number of hydrogen-bond acceptors (Lipinski definition) is 3. The molecule has 6 nitrogen and oxygen atoms in total. The van der Waals surface area contributed by atoms with Crippen LogP contribution in [-0.4, -0.2) is 54.9 Å². The minimum Gasteiger partial charge on any atom is -0.480 e. The standard InChI is InChI=1S/C14H26N2O4/c1-14(2,3)11(12(17)18)15-13(19)16-7-5-6-10(8-16)9-20-4/h10-11H,5-9H2,1-4H3,(H,15,19)(H,17,18)/t10?,11-/m0/s1. The molecule has 1 rings (SSSR count). The fourth-order valence-electron chi connectivity index (χ4n) is 2.48. The zero-order valence-corrected chi connectivity index (χ0v) is 12.8. The van der Waals surface area contributed by atoms with Crippen LogP contribution in [0.5, 0.6) is 0 Å². The second-order valence-corrected chi connectivity index (χ2v) is 6.50. The lowest BCUT2D eigenvalue weighted by atomic mass is 9.87. The number of carboxylic acid groups (broad SMARTS) is 1. The lowest BCUT2D eigenvalue weighted by Gasteiger charge is -2.35. The van der Waals surface area contributed by atoms with Crippen LogP contribution in [0.2, 0.25) is 0 Å². The number of urea groups is 1. The maximum absolute atomic E-state index is 12.2. The maximum atomic E-state index is 12.2. The summed E-state index contributed by atoms with van der Waals surface area (Å²) in [7, 11) is 1.65. The van der Waals surface area contributed by atoms with Gasteiger partial charge in [0.05, 0.1) is 6.61 Å². The van der Waals surface area contributed by atoms with Crippen LogP contribution < -0.4 is 5.32 Å². The third-order valence-electron chi connectivity index (χ3n) is 3.59. The van der Waals surface area contributed by atoms with Gasteiger partial charge in [-0.1, -0.05) is 20.8 Å². The normalized spacial score (nSPS) is 21.4. The van der Waals surface area contributed by atoms with Crippen molar-refractivity contribution in [1.29, 1.82) is 0 Å². The molecule has 116 valence electrons. The molecule has 2 amide bonds. The van der Waals surface area contributed by atoms with E-state index in [0.717, 1.165) is 12.8 Å². The quantitative estimate of drug-likeness (QED) is 0.822. The molecule has 2 atom stereocenters. The van der Waals surface area contributed by atoms with Gasteiger partial charge in [0.2, 0.25) is 0 Å². The molecule has 0 aliphatic carbocycles. The van der Waals surface area contributed by atoms with Crippen LogP contribution in [0.4, 0.5) is 4.79 Å². The molecule has 1 aliphatic heterocycles. The molecule has 0 spiro atoms. The zero-order chi connectivity index (χ0) is 15.3. The Bertz CT molecular complexity index is 350. The van der Waals surface area contributed by atoms with Crippen molar-refractivity contribution >= 4 is 12.0 Å². The molecule has 1 aliphatic rings. The summed E-state index contributed by atoms with van der Waals surface area (Å²) in [6.07, 6.45) is 1.97. The van der Waals surface area contributed by atoms with Crippen molar-refractivity contribution in [3.8, 4) is 0 Å². The highest BCUT2D eigenvalue weighted by molar-refractivity contribution is 5.83. The second kappa shape index (κ2) is 6.92. The molecule has 0 radical (unpaired) electrons. The number of carboxylic acids is 1. The van der Waals surface area contributed by atoms with E-state index in [0.29, 0.717) is 25.6 Å². The average molecular weight is 286 g/mol. The largest absolute Gasteiger partial charge is 0.480 e. The number of amides is 2. The molecule has 0 aromatic rings. The third kappa shape index (κ3) is 4.67. The number of carbonyl (C=O) groups is 2. The van der Waals surface area contributed by atoms with Gasteiger partial charge in [0.1, 0.15) is 6.04 Å². The van der Waals surface area contributed by atoms with Gasteiger partial charge in [-0.25, -0.2) is 9.59 Å². The maximum Gasteiger partial charge on any atom is 0.326 e. The highest BCUT2D eigenvalue weighted by atomic mass is 16.5. The first-order valence-corrected chi connectivity index (χ1v) is 7.03. The van der Waals surface area contributed by atoms with Crippen molar-refractivity contribution in [3.05, 3.63) is 0 Å². The molecule has 20 heavy (non-hydrogen) atoms. The summed E-state index contributed by atoms with van der Waals surface area (Å²) in [5, 5.41) is 11.9. The van der Waals surface area contributed by atoms with Gasteiger partial charge in [-0.3, -0.25) is 0 Å². The molecule has 0 saturated carbocycles. The van der Waals surface area contributed by atoms with Gasteiger partial charge in [0, 0.05) is 26.1 Å². The molecule has 1 heterocycles. The Morgan fingerprint density at radius 3 is 2.60 bits per heavy atom. The predicted molar refractivity (Wildman–Crippen MR) is 75.6 cm³/mol. The van der Waals surface area contributed by atoms with E-state index < -0.39 is 17.4 Å². The van der Waals surface area contributed by atoms with Crippen molar-refractivity contribution in [3.63, 3.8) is 0 Å². The first-order chi connectivity index (χ1) is 9.25. The Hall–Kier alpha value is -1.30. The van der Waals surface area contributed by atoms with Crippen molar-refractivity contribution in [2.24, 2.45) is 11.3 Å². The van der Waals surface area contributed by atoms with Crippen LogP contribution in [0, 0.1) is 11.3 Å². The van der Waals surface area contributed by atoms with Crippen LogP contribution in [0.3, 0.4) is 0 Å². The number of likely N-dealkylation sites (tertiary alicyclic amines) is 1. The fourth-order valence-corrected chi connectivity index (χ4v) is 2.48. The number of piperidine rings is 1. The third-order valence-corrected chi connectivity index (χ3v) is 3.59. The number of rotatable bonds is 4. The molecule has 1 fully saturated rings. The summed E-state index contributed by atoms with van der Waals surface area (Å²) >= 11 is 0. The number of nitrogens with one attached hydrogen (secondary N) is 1. The Kier molecular flexibility index (Phi) is 5.80. The Labute approximate surface area is 120 Å². The number of ether oxygens (including phenoxy) is 1. The predicted octanol–water partition coefficient (Wildman–Crippen LogP) is 1.55. The van der Waals surface area contributed by atoms with Gasteiger partial charge in [0.25, 0.3) is 0 Å². The highest BCUT2D eigenvalue weighted by Gasteiger charge is 2.34. The van der Waals surface area contributed by atoms with Gasteiger partial charge in [0.15, 0.2) is 0 Å². The number of carbonyl (C=O) groups excluding carboxylic acids is 1. The molecule has 2 N–H and O–H groups in total. The van der Waals surface area contributed by atoms with Crippen LogP contribution in [0.1, 0.15) is 33.6 Å². The Morgan fingerprint density at radius 2 is 2.10 bits per heavy atom. The summed E-state index contributed by atoms with van der Waals surface area (Å²) in [6, 6.07) is -1.19. The van der Waals surface area contributed by atoms with E-state index in [1.54, 1.807) is 32.8 Å². The average Bonchev–Trinajstić information content (AvgIpc) is 2.34. The van der Waals surface area contributed by atoms with E-state index in [2.05, 4.69) is 5.32 Å². The number of methoxy groups -OCH3 is 1. The van der Waals surface area contributed by atoms with E-state index >= 15 is 0 Å². The van der Waals surface area contributed by atoms with E-state index in [-0.39, 0.29) is 6.03 Å². The summed E-state index contributed by atoms with van der Waals surface area (Å²) in [5.74, 6) is -0.672. The first kappa shape index (κ1) is 16.8. The summed E-state index contributed by atoms with van der Waals surface area (Å²) < 4.78 is 5.13. The van der Waals surface area contributed by atoms with Gasteiger partial charge < -0.3 is 20.1 Å². The lowest BCUT2D eigenvalue weighted by molar-refractivity contribution is -0.142. The van der Waals surface area contributed by atoms with Gasteiger partial charge in [-0.2, -0.15) is 0 Å². The van der Waals surface area contributed by atoms with E-state index in [1.807, 2.05) is 0 Å². The molecule has 0 bridgehead atoms. The Morgan fingerprint density at radius 1 is 1.45 bits per heavy atom. The zero-order valence-electron chi connectivity index (χ0n) is 12.8. The second-order valence-electron chi connectivity index (χ2n) is 6.50. The van der Waals surface area contributed by atoms with Gasteiger partial charge in [-0.15, -0.1) is 0 Å². The topological polar surface area (TPSA) is 78.9 Å². The molecule has 0 aromatic heterocycles. The molecule has 1 unspecified atom stereocenters. The highest BCUT2D eigenvalue weighted by Crippen LogP contribution is 2.21. The van der Waals surface area contributed by atoms with Crippen LogP contribution in [0.25, 0.3) is 0 Å². The Balaban J connectivity index is 2.62. The van der Waals surface area contributed by atoms with Gasteiger partial charge >= 0.3 is 12.0 Å². The lowest BCUT2D eigenvalue weighted by Crippen LogP contribution is -2.55. The van der Waals surface area contributed by atoms with Crippen molar-refractivity contribution in [2.45, 2.75) is 39.7 Å². The van der Waals surface area contributed by atoms with Crippen molar-refractivity contribution < 1.29 is 19.4 Å². The summed E-state index contributed by atoms with van der Waals surface area (Å²) in [6.45, 7) is 7.33. The molecular formula is C14H26N2O4. The fraction of sp³-hybridized carbons (Fsp3) is 0.857. The van der Waals surface area contributed by atoms with E-state index in [9.17, 15) is 14.7 Å². The minimum atomic E-state index is -1.00. The first-order valence-electron chi connectivity index (χ1n) is 7.03. The number of nitrogens with zero attached hydrogens (tertiary/aromatic N) is 1. The molecule has 0 aromatic carbocycles. The van der Waals surface area contributed by atoms with Crippen LogP contribution >= 0.6 is 0 Å². The van der Waals surface area contributed by atoms with Crippen LogP contribution in [-0.2, 0) is 9.53 Å².